The summed E-state index contributed by atoms with van der Waals surface area (Å²) in [5.41, 5.74) is 7.94. The van der Waals surface area contributed by atoms with Gasteiger partial charge >= 0.3 is 0 Å². The van der Waals surface area contributed by atoms with Crippen LogP contribution in [0.25, 0.3) is 0 Å². The van der Waals surface area contributed by atoms with Crippen LogP contribution in [0.3, 0.4) is 0 Å². The van der Waals surface area contributed by atoms with Crippen molar-refractivity contribution in [1.82, 2.24) is 0 Å². The minimum atomic E-state index is 0.862. The van der Waals surface area contributed by atoms with Crippen molar-refractivity contribution in [2.75, 3.05) is 18.8 Å². The average molecular weight is 205 g/mol. The summed E-state index contributed by atoms with van der Waals surface area (Å²) in [7, 11) is 0. The summed E-state index contributed by atoms with van der Waals surface area (Å²) in [5.74, 6) is 0.931. The summed E-state index contributed by atoms with van der Waals surface area (Å²) in [6, 6.07) is 8.31. The van der Waals surface area contributed by atoms with E-state index in [1.165, 1.54) is 31.5 Å². The smallest absolute Gasteiger partial charge is 0.103 e. The lowest BCUT2D eigenvalue weighted by atomic mass is 9.99. The zero-order valence-corrected chi connectivity index (χ0v) is 9.50. The van der Waals surface area contributed by atoms with Gasteiger partial charge in [-0.15, -0.1) is 0 Å². The fourth-order valence-electron chi connectivity index (χ4n) is 2.27. The molecule has 2 rings (SSSR count). The highest BCUT2D eigenvalue weighted by atomic mass is 15.1. The number of nitrogens with one attached hydrogen (secondary N) is 1. The van der Waals surface area contributed by atoms with Gasteiger partial charge in [0.25, 0.3) is 0 Å². The van der Waals surface area contributed by atoms with Crippen LogP contribution in [0.2, 0.25) is 0 Å². The number of nitrogen functional groups attached to an aromatic ring is 1. The molecule has 0 aliphatic carbocycles. The van der Waals surface area contributed by atoms with Crippen LogP contribution in [0.5, 0.6) is 0 Å². The summed E-state index contributed by atoms with van der Waals surface area (Å²) in [5, 5.41) is 0. The Labute approximate surface area is 92.1 Å². The van der Waals surface area contributed by atoms with Crippen molar-refractivity contribution in [3.8, 4) is 0 Å². The fraction of sp³-hybridized carbons (Fsp3) is 0.538. The number of hydrogen-bond donors (Lipinski definition) is 2. The van der Waals surface area contributed by atoms with E-state index in [0.717, 1.165) is 18.2 Å². The molecule has 2 nitrogen and oxygen atoms in total. The lowest BCUT2D eigenvalue weighted by Gasteiger charge is -2.27. The molecular weight excluding hydrogens is 184 g/mol. The Morgan fingerprint density at radius 2 is 1.80 bits per heavy atom. The molecule has 0 saturated carbocycles. The first-order chi connectivity index (χ1) is 7.24. The lowest BCUT2D eigenvalue weighted by molar-refractivity contribution is -0.919. The molecule has 1 aromatic carbocycles. The minimum Gasteiger partial charge on any atom is -0.399 e. The van der Waals surface area contributed by atoms with Crippen molar-refractivity contribution in [3.05, 3.63) is 29.8 Å². The topological polar surface area (TPSA) is 30.5 Å². The molecule has 3 N–H and O–H groups in total. The molecule has 0 spiro atoms. The van der Waals surface area contributed by atoms with E-state index in [9.17, 15) is 0 Å². The molecule has 0 atom stereocenters. The first-order valence-electron chi connectivity index (χ1n) is 5.92. The normalized spacial score (nSPS) is 26.5. The molecule has 1 aliphatic heterocycles. The number of quaternary nitrogens is 1. The van der Waals surface area contributed by atoms with E-state index in [0.29, 0.717) is 0 Å². The Morgan fingerprint density at radius 3 is 2.40 bits per heavy atom. The van der Waals surface area contributed by atoms with Gasteiger partial charge in [-0.1, -0.05) is 19.1 Å². The van der Waals surface area contributed by atoms with Gasteiger partial charge in [0, 0.05) is 11.3 Å². The maximum absolute atomic E-state index is 5.67. The van der Waals surface area contributed by atoms with Gasteiger partial charge in [-0.2, -0.15) is 0 Å². The number of likely N-dealkylation sites (tertiary alicyclic amines) is 1. The van der Waals surface area contributed by atoms with Crippen molar-refractivity contribution >= 4 is 5.69 Å². The highest BCUT2D eigenvalue weighted by Gasteiger charge is 2.18. The zero-order chi connectivity index (χ0) is 10.7. The molecule has 0 unspecified atom stereocenters. The Bertz CT molecular complexity index is 297. The first kappa shape index (κ1) is 10.5. The third-order valence-corrected chi connectivity index (χ3v) is 3.42. The van der Waals surface area contributed by atoms with Crippen molar-refractivity contribution in [2.24, 2.45) is 5.92 Å². The quantitative estimate of drug-likeness (QED) is 0.696. The Balaban J connectivity index is 1.89. The van der Waals surface area contributed by atoms with Crippen molar-refractivity contribution in [3.63, 3.8) is 0 Å². The average Bonchev–Trinajstić information content (AvgIpc) is 2.25. The Morgan fingerprint density at radius 1 is 1.20 bits per heavy atom. The van der Waals surface area contributed by atoms with Crippen LogP contribution in [0.15, 0.2) is 24.3 Å². The number of piperidine rings is 1. The lowest BCUT2D eigenvalue weighted by Crippen LogP contribution is -3.11. The highest BCUT2D eigenvalue weighted by Crippen LogP contribution is 2.08. The highest BCUT2D eigenvalue weighted by molar-refractivity contribution is 5.38. The minimum absolute atomic E-state index is 0.862. The molecule has 1 aliphatic rings. The number of anilines is 1. The van der Waals surface area contributed by atoms with Crippen LogP contribution < -0.4 is 10.6 Å². The maximum atomic E-state index is 5.67. The number of benzene rings is 1. The van der Waals surface area contributed by atoms with Crippen LogP contribution in [-0.2, 0) is 6.54 Å². The second-order valence-corrected chi connectivity index (χ2v) is 4.85. The number of nitrogens with two attached hydrogens (primary N) is 1. The second-order valence-electron chi connectivity index (χ2n) is 4.85. The SMILES string of the molecule is CC1CC[NH+](Cc2ccc(N)cc2)CC1. The predicted octanol–water partition coefficient (Wildman–Crippen LogP) is 1.08. The Kier molecular flexibility index (Phi) is 3.27. The predicted molar refractivity (Wildman–Crippen MR) is 63.7 cm³/mol. The van der Waals surface area contributed by atoms with Crippen molar-refractivity contribution in [2.45, 2.75) is 26.3 Å². The van der Waals surface area contributed by atoms with E-state index >= 15 is 0 Å². The van der Waals surface area contributed by atoms with Gasteiger partial charge in [0.1, 0.15) is 6.54 Å². The van der Waals surface area contributed by atoms with Crippen molar-refractivity contribution < 1.29 is 4.90 Å². The third kappa shape index (κ3) is 2.96. The van der Waals surface area contributed by atoms with Crippen LogP contribution in [0.4, 0.5) is 5.69 Å². The first-order valence-corrected chi connectivity index (χ1v) is 5.92. The van der Waals surface area contributed by atoms with Gasteiger partial charge in [0.2, 0.25) is 0 Å². The van der Waals surface area contributed by atoms with Gasteiger partial charge in [0.05, 0.1) is 13.1 Å². The zero-order valence-electron chi connectivity index (χ0n) is 9.50. The molecule has 2 heteroatoms. The van der Waals surface area contributed by atoms with E-state index in [-0.39, 0.29) is 0 Å². The summed E-state index contributed by atoms with van der Waals surface area (Å²) in [6.07, 6.45) is 2.76. The largest absolute Gasteiger partial charge is 0.399 e. The monoisotopic (exact) mass is 205 g/mol. The molecule has 0 bridgehead atoms. The molecule has 0 radical (unpaired) electrons. The Hall–Kier alpha value is -1.02. The van der Waals surface area contributed by atoms with Gasteiger partial charge in [-0.3, -0.25) is 0 Å². The van der Waals surface area contributed by atoms with E-state index in [2.05, 4.69) is 19.1 Å². The van der Waals surface area contributed by atoms with Gasteiger partial charge < -0.3 is 10.6 Å². The van der Waals surface area contributed by atoms with E-state index in [1.807, 2.05) is 12.1 Å². The van der Waals surface area contributed by atoms with Crippen LogP contribution in [-0.4, -0.2) is 13.1 Å². The van der Waals surface area contributed by atoms with Gasteiger partial charge in [-0.05, 0) is 30.9 Å². The number of hydrogen-bond acceptors (Lipinski definition) is 1. The molecule has 1 heterocycles. The van der Waals surface area contributed by atoms with Crippen LogP contribution in [0.1, 0.15) is 25.3 Å². The molecule has 15 heavy (non-hydrogen) atoms. The summed E-state index contributed by atoms with van der Waals surface area (Å²) in [6.45, 7) is 6.17. The van der Waals surface area contributed by atoms with Gasteiger partial charge in [0.15, 0.2) is 0 Å². The van der Waals surface area contributed by atoms with E-state index in [4.69, 9.17) is 5.73 Å². The third-order valence-electron chi connectivity index (χ3n) is 3.42. The summed E-state index contributed by atoms with van der Waals surface area (Å²) < 4.78 is 0. The second kappa shape index (κ2) is 4.67. The molecule has 1 aromatic rings. The number of rotatable bonds is 2. The maximum Gasteiger partial charge on any atom is 0.103 e. The molecule has 1 fully saturated rings. The fourth-order valence-corrected chi connectivity index (χ4v) is 2.27. The van der Waals surface area contributed by atoms with E-state index in [1.54, 1.807) is 4.90 Å². The van der Waals surface area contributed by atoms with Gasteiger partial charge in [-0.25, -0.2) is 0 Å². The van der Waals surface area contributed by atoms with E-state index < -0.39 is 0 Å². The summed E-state index contributed by atoms with van der Waals surface area (Å²) in [4.78, 5) is 1.72. The standard InChI is InChI=1S/C13H20N2/c1-11-6-8-15(9-7-11)10-12-2-4-13(14)5-3-12/h2-5,11H,6-10,14H2,1H3/p+1. The van der Waals surface area contributed by atoms with Crippen LogP contribution in [0, 0.1) is 5.92 Å². The molecule has 0 aromatic heterocycles. The summed E-state index contributed by atoms with van der Waals surface area (Å²) >= 11 is 0. The van der Waals surface area contributed by atoms with Crippen LogP contribution >= 0.6 is 0 Å². The molecule has 1 saturated heterocycles. The molecule has 0 amide bonds. The van der Waals surface area contributed by atoms with Crippen molar-refractivity contribution in [1.29, 1.82) is 0 Å². The molecule has 82 valence electrons. The molecular formula is C13H21N2+.